The summed E-state index contributed by atoms with van der Waals surface area (Å²) in [6.07, 6.45) is -9.60. The number of esters is 1. The van der Waals surface area contributed by atoms with Gasteiger partial charge in [0.25, 0.3) is 0 Å². The summed E-state index contributed by atoms with van der Waals surface area (Å²) in [5.41, 5.74) is -3.09. The summed E-state index contributed by atoms with van der Waals surface area (Å²) < 4.78 is 87.4. The number of nitrogens with zero attached hydrogens (tertiary/aromatic N) is 1. The molecule has 1 atom stereocenters. The summed E-state index contributed by atoms with van der Waals surface area (Å²) in [7, 11) is 2.47. The number of alkyl halides is 6. The minimum Gasteiger partial charge on any atom is -0.481 e. The van der Waals surface area contributed by atoms with Crippen LogP contribution in [0.5, 0.6) is 5.88 Å². The molecule has 0 fully saturated rings. The molecule has 0 radical (unpaired) electrons. The monoisotopic (exact) mass is 464 g/mol. The Morgan fingerprint density at radius 2 is 1.56 bits per heavy atom. The molecule has 0 saturated heterocycles. The van der Waals surface area contributed by atoms with Crippen molar-refractivity contribution in [3.05, 3.63) is 58.8 Å². The topological polar surface area (TPSA) is 77.5 Å². The fourth-order valence-electron chi connectivity index (χ4n) is 2.78. The first-order valence-electron chi connectivity index (χ1n) is 8.98. The number of nitrogens with one attached hydrogen (secondary N) is 1. The first-order chi connectivity index (χ1) is 14.8. The predicted molar refractivity (Wildman–Crippen MR) is 98.6 cm³/mol. The van der Waals surface area contributed by atoms with Gasteiger partial charge >= 0.3 is 18.3 Å². The second-order valence-corrected chi connectivity index (χ2v) is 6.65. The van der Waals surface area contributed by atoms with E-state index in [0.29, 0.717) is 23.6 Å². The summed E-state index contributed by atoms with van der Waals surface area (Å²) in [6, 6.07) is 2.71. The van der Waals surface area contributed by atoms with Crippen molar-refractivity contribution in [1.82, 2.24) is 10.3 Å². The van der Waals surface area contributed by atoms with E-state index in [1.54, 1.807) is 6.07 Å². The van der Waals surface area contributed by atoms with Crippen LogP contribution in [0.25, 0.3) is 0 Å². The Labute approximate surface area is 178 Å². The van der Waals surface area contributed by atoms with Gasteiger partial charge in [-0.2, -0.15) is 26.3 Å². The molecule has 0 aliphatic rings. The van der Waals surface area contributed by atoms with E-state index in [0.717, 1.165) is 7.11 Å². The van der Waals surface area contributed by atoms with Gasteiger partial charge in [0, 0.05) is 18.7 Å². The van der Waals surface area contributed by atoms with E-state index in [1.165, 1.54) is 19.4 Å². The molecule has 0 aliphatic carbocycles. The quantitative estimate of drug-likeness (QED) is 0.501. The summed E-state index contributed by atoms with van der Waals surface area (Å²) in [6.45, 7) is 0. The van der Waals surface area contributed by atoms with Gasteiger partial charge in [-0.25, -0.2) is 9.78 Å². The average molecular weight is 464 g/mol. The normalized spacial score (nSPS) is 12.8. The molecule has 6 nitrogen and oxygen atoms in total. The van der Waals surface area contributed by atoms with Gasteiger partial charge in [-0.05, 0) is 29.3 Å². The number of rotatable bonds is 7. The number of carbonyl (C=O) groups is 2. The van der Waals surface area contributed by atoms with Crippen LogP contribution in [0.2, 0.25) is 0 Å². The zero-order valence-electron chi connectivity index (χ0n) is 16.8. The maximum absolute atomic E-state index is 13.0. The fraction of sp³-hybridized carbons (Fsp3) is 0.350. The van der Waals surface area contributed by atoms with Gasteiger partial charge in [0.05, 0.1) is 31.8 Å². The van der Waals surface area contributed by atoms with Gasteiger partial charge in [0.1, 0.15) is 6.04 Å². The van der Waals surface area contributed by atoms with Crippen LogP contribution in [-0.4, -0.2) is 37.1 Å². The van der Waals surface area contributed by atoms with Crippen molar-refractivity contribution in [3.63, 3.8) is 0 Å². The van der Waals surface area contributed by atoms with Gasteiger partial charge in [-0.1, -0.05) is 6.07 Å². The molecule has 1 heterocycles. The molecule has 0 bridgehead atoms. The summed E-state index contributed by atoms with van der Waals surface area (Å²) >= 11 is 0. The molecule has 1 N–H and O–H groups in total. The SMILES string of the molecule is COC(=O)[C@@H](Cc1ccc(OC)nc1)NC(=O)Cc1cc(C(F)(F)F)cc(C(F)(F)F)c1. The Bertz CT molecular complexity index is 926. The Morgan fingerprint density at radius 3 is 2.00 bits per heavy atom. The number of hydrogen-bond donors (Lipinski definition) is 1. The first-order valence-corrected chi connectivity index (χ1v) is 8.98. The number of amides is 1. The van der Waals surface area contributed by atoms with E-state index in [-0.39, 0.29) is 12.5 Å². The largest absolute Gasteiger partial charge is 0.481 e. The number of aromatic nitrogens is 1. The number of hydrogen-bond acceptors (Lipinski definition) is 5. The highest BCUT2D eigenvalue weighted by molar-refractivity contribution is 5.85. The molecule has 1 aromatic carbocycles. The highest BCUT2D eigenvalue weighted by atomic mass is 19.4. The van der Waals surface area contributed by atoms with Crippen LogP contribution < -0.4 is 10.1 Å². The van der Waals surface area contributed by atoms with Gasteiger partial charge in [0.15, 0.2) is 0 Å². The van der Waals surface area contributed by atoms with Crippen LogP contribution >= 0.6 is 0 Å². The second-order valence-electron chi connectivity index (χ2n) is 6.65. The fourth-order valence-corrected chi connectivity index (χ4v) is 2.78. The lowest BCUT2D eigenvalue weighted by Gasteiger charge is -2.18. The van der Waals surface area contributed by atoms with Crippen molar-refractivity contribution in [2.24, 2.45) is 0 Å². The van der Waals surface area contributed by atoms with E-state index in [1.807, 2.05) is 0 Å². The van der Waals surface area contributed by atoms with E-state index in [9.17, 15) is 35.9 Å². The Balaban J connectivity index is 2.22. The van der Waals surface area contributed by atoms with Crippen molar-refractivity contribution < 1.29 is 45.4 Å². The van der Waals surface area contributed by atoms with E-state index in [4.69, 9.17) is 4.74 Å². The van der Waals surface area contributed by atoms with Crippen LogP contribution in [0.1, 0.15) is 22.3 Å². The van der Waals surface area contributed by atoms with Crippen molar-refractivity contribution in [1.29, 1.82) is 0 Å². The second kappa shape index (κ2) is 9.88. The minimum atomic E-state index is -5.04. The Kier molecular flexibility index (Phi) is 7.70. The number of benzene rings is 1. The molecule has 1 aromatic heterocycles. The Hall–Kier alpha value is -3.31. The number of halogens is 6. The van der Waals surface area contributed by atoms with Crippen molar-refractivity contribution in [2.45, 2.75) is 31.2 Å². The lowest BCUT2D eigenvalue weighted by atomic mass is 10.0. The molecule has 12 heteroatoms. The number of pyridine rings is 1. The Morgan fingerprint density at radius 1 is 0.969 bits per heavy atom. The third-order valence-electron chi connectivity index (χ3n) is 4.28. The van der Waals surface area contributed by atoms with E-state index in [2.05, 4.69) is 15.0 Å². The maximum atomic E-state index is 13.0. The number of carbonyl (C=O) groups excluding carboxylic acids is 2. The molecule has 2 rings (SSSR count). The van der Waals surface area contributed by atoms with E-state index < -0.39 is 53.4 Å². The number of methoxy groups -OCH3 is 2. The molecule has 0 unspecified atom stereocenters. The number of ether oxygens (including phenoxy) is 2. The summed E-state index contributed by atoms with van der Waals surface area (Å²) in [5, 5.41) is 2.27. The summed E-state index contributed by atoms with van der Waals surface area (Å²) in [5.74, 6) is -1.51. The molecule has 2 aromatic rings. The maximum Gasteiger partial charge on any atom is 0.416 e. The average Bonchev–Trinajstić information content (AvgIpc) is 2.71. The van der Waals surface area contributed by atoms with Gasteiger partial charge in [-0.15, -0.1) is 0 Å². The first kappa shape index (κ1) is 25.0. The molecule has 0 saturated carbocycles. The van der Waals surface area contributed by atoms with Crippen LogP contribution in [-0.2, 0) is 39.5 Å². The molecular formula is C20H18F6N2O4. The van der Waals surface area contributed by atoms with Crippen LogP contribution in [0.4, 0.5) is 26.3 Å². The molecule has 0 spiro atoms. The lowest BCUT2D eigenvalue weighted by Crippen LogP contribution is -2.43. The third-order valence-corrected chi connectivity index (χ3v) is 4.28. The standard InChI is InChI=1S/C20H18F6N2O4/c1-31-17-4-3-11(10-27-17)7-15(18(30)32-2)28-16(29)8-12-5-13(19(21,22)23)9-14(6-12)20(24,25)26/h3-6,9-10,15H,7-8H2,1-2H3,(H,28,29)/t15-/m1/s1. The summed E-state index contributed by atoms with van der Waals surface area (Å²) in [4.78, 5) is 28.3. The zero-order chi connectivity index (χ0) is 24.1. The van der Waals surface area contributed by atoms with Crippen LogP contribution in [0.3, 0.4) is 0 Å². The highest BCUT2D eigenvalue weighted by Gasteiger charge is 2.37. The molecule has 0 aliphatic heterocycles. The molecule has 32 heavy (non-hydrogen) atoms. The zero-order valence-corrected chi connectivity index (χ0v) is 16.8. The van der Waals surface area contributed by atoms with Crippen molar-refractivity contribution >= 4 is 11.9 Å². The van der Waals surface area contributed by atoms with E-state index >= 15 is 0 Å². The highest BCUT2D eigenvalue weighted by Crippen LogP contribution is 2.36. The van der Waals surface area contributed by atoms with Gasteiger partial charge < -0.3 is 14.8 Å². The molecule has 1 amide bonds. The smallest absolute Gasteiger partial charge is 0.416 e. The molecular weight excluding hydrogens is 446 g/mol. The van der Waals surface area contributed by atoms with Crippen LogP contribution in [0.15, 0.2) is 36.5 Å². The van der Waals surface area contributed by atoms with Crippen molar-refractivity contribution in [2.75, 3.05) is 14.2 Å². The van der Waals surface area contributed by atoms with Crippen molar-refractivity contribution in [3.8, 4) is 5.88 Å². The van der Waals surface area contributed by atoms with Crippen LogP contribution in [0, 0.1) is 0 Å². The van der Waals surface area contributed by atoms with Gasteiger partial charge in [-0.3, -0.25) is 4.79 Å². The predicted octanol–water partition coefficient (Wildman–Crippen LogP) is 3.57. The molecule has 174 valence electrons. The minimum absolute atomic E-state index is 0.0324. The lowest BCUT2D eigenvalue weighted by molar-refractivity contribution is -0.145. The van der Waals surface area contributed by atoms with Gasteiger partial charge in [0.2, 0.25) is 11.8 Å². The third kappa shape index (κ3) is 6.86.